The molecule has 0 aromatic carbocycles. The highest BCUT2D eigenvalue weighted by Crippen LogP contribution is 2.22. The molecule has 0 saturated carbocycles. The van der Waals surface area contributed by atoms with E-state index in [2.05, 4.69) is 20.6 Å². The van der Waals surface area contributed by atoms with E-state index in [0.717, 1.165) is 36.0 Å². The molecule has 0 bridgehead atoms. The summed E-state index contributed by atoms with van der Waals surface area (Å²) >= 11 is 0. The van der Waals surface area contributed by atoms with Gasteiger partial charge in [-0.2, -0.15) is 0 Å². The smallest absolute Gasteiger partial charge is 0.239 e. The summed E-state index contributed by atoms with van der Waals surface area (Å²) in [6, 6.07) is 0. The van der Waals surface area contributed by atoms with Crippen LogP contribution >= 0.6 is 0 Å². The number of carbonyl (C=O) groups excluding carboxylic acids is 1. The predicted octanol–water partition coefficient (Wildman–Crippen LogP) is 1.35. The van der Waals surface area contributed by atoms with Gasteiger partial charge in [0.05, 0.1) is 6.54 Å². The Hall–Kier alpha value is -1.85. The normalized spacial score (nSPS) is 10.2. The number of nitrogens with one attached hydrogen (secondary N) is 2. The fourth-order valence-corrected chi connectivity index (χ4v) is 1.96. The van der Waals surface area contributed by atoms with Gasteiger partial charge in [0, 0.05) is 32.1 Å². The third-order valence-corrected chi connectivity index (χ3v) is 2.94. The fraction of sp³-hybridized carbons (Fsp3) is 0.643. The number of amides is 1. The van der Waals surface area contributed by atoms with Crippen LogP contribution in [0.3, 0.4) is 0 Å². The molecule has 0 radical (unpaired) electrons. The number of rotatable bonds is 7. The topological polar surface area (TPSA) is 70.2 Å². The van der Waals surface area contributed by atoms with Crippen molar-refractivity contribution in [2.75, 3.05) is 36.9 Å². The lowest BCUT2D eigenvalue weighted by molar-refractivity contribution is -0.119. The summed E-state index contributed by atoms with van der Waals surface area (Å²) in [5, 5.41) is 6.04. The van der Waals surface area contributed by atoms with Crippen molar-refractivity contribution in [3.63, 3.8) is 0 Å². The highest BCUT2D eigenvalue weighted by atomic mass is 16.2. The van der Waals surface area contributed by atoms with Crippen LogP contribution in [0, 0.1) is 6.92 Å². The second kappa shape index (κ2) is 7.67. The van der Waals surface area contributed by atoms with Crippen LogP contribution in [0.15, 0.2) is 0 Å². The number of anilines is 2. The minimum absolute atomic E-state index is 0.00365. The molecule has 0 unspecified atom stereocenters. The Labute approximate surface area is 121 Å². The van der Waals surface area contributed by atoms with Crippen molar-refractivity contribution < 1.29 is 4.79 Å². The van der Waals surface area contributed by atoms with Crippen molar-refractivity contribution in [3.8, 4) is 0 Å². The summed E-state index contributed by atoms with van der Waals surface area (Å²) in [5.74, 6) is 2.43. The van der Waals surface area contributed by atoms with Crippen molar-refractivity contribution >= 4 is 17.5 Å². The molecule has 0 spiro atoms. The zero-order chi connectivity index (χ0) is 15.1. The van der Waals surface area contributed by atoms with E-state index in [9.17, 15) is 4.79 Å². The maximum absolute atomic E-state index is 11.7. The van der Waals surface area contributed by atoms with E-state index in [-0.39, 0.29) is 5.91 Å². The Morgan fingerprint density at radius 1 is 1.20 bits per heavy atom. The summed E-state index contributed by atoms with van der Waals surface area (Å²) in [6.07, 6.45) is 0.765. The van der Waals surface area contributed by atoms with E-state index < -0.39 is 0 Å². The Bertz CT molecular complexity index is 461. The third-order valence-electron chi connectivity index (χ3n) is 2.94. The van der Waals surface area contributed by atoms with Crippen LogP contribution in [0.1, 0.15) is 32.2 Å². The molecule has 0 aliphatic heterocycles. The maximum atomic E-state index is 11.7. The van der Waals surface area contributed by atoms with E-state index in [1.807, 2.05) is 39.6 Å². The monoisotopic (exact) mass is 279 g/mol. The molecule has 1 rings (SSSR count). The van der Waals surface area contributed by atoms with Crippen LogP contribution in [-0.2, 0) is 11.2 Å². The number of hydrogen-bond acceptors (Lipinski definition) is 5. The Balaban J connectivity index is 3.02. The van der Waals surface area contributed by atoms with Gasteiger partial charge in [0.25, 0.3) is 0 Å². The summed E-state index contributed by atoms with van der Waals surface area (Å²) < 4.78 is 0. The van der Waals surface area contributed by atoms with Gasteiger partial charge in [-0.25, -0.2) is 9.97 Å². The summed E-state index contributed by atoms with van der Waals surface area (Å²) in [5.41, 5.74) is 0.968. The summed E-state index contributed by atoms with van der Waals surface area (Å²) in [7, 11) is 1.87. The number of carbonyl (C=O) groups is 1. The lowest BCUT2D eigenvalue weighted by Gasteiger charge is -2.21. The average Bonchev–Trinajstić information content (AvgIpc) is 2.41. The van der Waals surface area contributed by atoms with Gasteiger partial charge in [-0.3, -0.25) is 4.79 Å². The molecule has 0 aliphatic rings. The molecule has 1 amide bonds. The van der Waals surface area contributed by atoms with Crippen molar-refractivity contribution in [1.29, 1.82) is 0 Å². The van der Waals surface area contributed by atoms with E-state index in [1.54, 1.807) is 0 Å². The number of hydrogen-bond donors (Lipinski definition) is 2. The predicted molar refractivity (Wildman–Crippen MR) is 82.3 cm³/mol. The first-order valence-corrected chi connectivity index (χ1v) is 7.12. The van der Waals surface area contributed by atoms with E-state index in [4.69, 9.17) is 0 Å². The first-order valence-electron chi connectivity index (χ1n) is 7.12. The number of nitrogens with zero attached hydrogens (tertiary/aromatic N) is 3. The van der Waals surface area contributed by atoms with Gasteiger partial charge in [-0.1, -0.05) is 6.92 Å². The molecule has 2 N–H and O–H groups in total. The highest BCUT2D eigenvalue weighted by Gasteiger charge is 2.15. The van der Waals surface area contributed by atoms with Crippen LogP contribution in [0.5, 0.6) is 0 Å². The molecule has 112 valence electrons. The lowest BCUT2D eigenvalue weighted by Crippen LogP contribution is -2.36. The molecule has 20 heavy (non-hydrogen) atoms. The van der Waals surface area contributed by atoms with E-state index in [1.165, 1.54) is 0 Å². The van der Waals surface area contributed by atoms with Crippen molar-refractivity contribution in [1.82, 2.24) is 15.3 Å². The van der Waals surface area contributed by atoms with Gasteiger partial charge >= 0.3 is 0 Å². The van der Waals surface area contributed by atoms with Gasteiger partial charge in [0.2, 0.25) is 5.91 Å². The van der Waals surface area contributed by atoms with Crippen molar-refractivity contribution in [3.05, 3.63) is 11.4 Å². The maximum Gasteiger partial charge on any atom is 0.239 e. The van der Waals surface area contributed by atoms with Crippen LogP contribution in [0.25, 0.3) is 0 Å². The third kappa shape index (κ3) is 4.08. The number of likely N-dealkylation sites (N-methyl/N-ethyl adjacent to an activating group) is 2. The minimum atomic E-state index is -0.00365. The van der Waals surface area contributed by atoms with Gasteiger partial charge < -0.3 is 15.5 Å². The molecule has 1 aromatic rings. The fourth-order valence-electron chi connectivity index (χ4n) is 1.96. The van der Waals surface area contributed by atoms with Crippen molar-refractivity contribution in [2.45, 2.75) is 34.1 Å². The summed E-state index contributed by atoms with van der Waals surface area (Å²) in [6.45, 7) is 9.67. The Kier molecular flexibility index (Phi) is 6.21. The van der Waals surface area contributed by atoms with Gasteiger partial charge in [-0.05, 0) is 20.8 Å². The van der Waals surface area contributed by atoms with Crippen molar-refractivity contribution in [2.24, 2.45) is 0 Å². The second-order valence-corrected chi connectivity index (χ2v) is 4.63. The molecule has 1 heterocycles. The van der Waals surface area contributed by atoms with Crippen LogP contribution in [0.4, 0.5) is 11.6 Å². The van der Waals surface area contributed by atoms with Crippen LogP contribution in [0.2, 0.25) is 0 Å². The molecular weight excluding hydrogens is 254 g/mol. The van der Waals surface area contributed by atoms with E-state index in [0.29, 0.717) is 13.1 Å². The molecular formula is C14H25N5O. The molecule has 0 fully saturated rings. The van der Waals surface area contributed by atoms with Crippen LogP contribution in [-0.4, -0.2) is 42.6 Å². The molecule has 1 aromatic heterocycles. The quantitative estimate of drug-likeness (QED) is 0.788. The molecule has 0 saturated heterocycles. The first-order chi connectivity index (χ1) is 9.53. The van der Waals surface area contributed by atoms with Gasteiger partial charge in [0.1, 0.15) is 17.5 Å². The molecule has 0 aliphatic carbocycles. The molecule has 6 nitrogen and oxygen atoms in total. The Morgan fingerprint density at radius 3 is 2.45 bits per heavy atom. The van der Waals surface area contributed by atoms with E-state index >= 15 is 0 Å². The number of aryl methyl sites for hydroxylation is 1. The SMILES string of the molecule is CCNC(=O)CN(C)c1nc(CC)nc(NCC)c1C. The lowest BCUT2D eigenvalue weighted by atomic mass is 10.2. The summed E-state index contributed by atoms with van der Waals surface area (Å²) in [4.78, 5) is 22.6. The molecule has 0 atom stereocenters. The zero-order valence-electron chi connectivity index (χ0n) is 13.1. The largest absolute Gasteiger partial charge is 0.370 e. The van der Waals surface area contributed by atoms with Gasteiger partial charge in [-0.15, -0.1) is 0 Å². The highest BCUT2D eigenvalue weighted by molar-refractivity contribution is 5.81. The zero-order valence-corrected chi connectivity index (χ0v) is 13.1. The van der Waals surface area contributed by atoms with Crippen LogP contribution < -0.4 is 15.5 Å². The molecule has 6 heteroatoms. The van der Waals surface area contributed by atoms with Gasteiger partial charge in [0.15, 0.2) is 0 Å². The Morgan fingerprint density at radius 2 is 1.90 bits per heavy atom. The minimum Gasteiger partial charge on any atom is -0.370 e. The average molecular weight is 279 g/mol. The second-order valence-electron chi connectivity index (χ2n) is 4.63. The number of aromatic nitrogens is 2. The first kappa shape index (κ1) is 16.2. The standard InChI is InChI=1S/C14H25N5O/c1-6-11-17-13(16-8-3)10(4)14(18-11)19(5)9-12(20)15-7-2/h6-9H2,1-5H3,(H,15,20)(H,16,17,18).